The van der Waals surface area contributed by atoms with Gasteiger partial charge in [-0.3, -0.25) is 4.79 Å². The number of hydrogen-bond donors (Lipinski definition) is 2. The van der Waals surface area contributed by atoms with Gasteiger partial charge in [-0.05, 0) is 31.2 Å². The highest BCUT2D eigenvalue weighted by atomic mass is 16.5. The van der Waals surface area contributed by atoms with Crippen molar-refractivity contribution in [3.63, 3.8) is 0 Å². The molecule has 0 aliphatic heterocycles. The summed E-state index contributed by atoms with van der Waals surface area (Å²) in [5.41, 5.74) is 0. The van der Waals surface area contributed by atoms with Gasteiger partial charge in [0.1, 0.15) is 11.5 Å². The van der Waals surface area contributed by atoms with Gasteiger partial charge < -0.3 is 24.6 Å². The van der Waals surface area contributed by atoms with Crippen LogP contribution in [0.4, 0.5) is 0 Å². The van der Waals surface area contributed by atoms with Crippen molar-refractivity contribution in [1.29, 1.82) is 0 Å². The molecule has 0 spiro atoms. The van der Waals surface area contributed by atoms with Crippen LogP contribution in [0.2, 0.25) is 0 Å². The minimum absolute atomic E-state index is 0.186. The van der Waals surface area contributed by atoms with E-state index in [2.05, 4.69) is 5.32 Å². The zero-order valence-corrected chi connectivity index (χ0v) is 12.0. The van der Waals surface area contributed by atoms with E-state index in [1.54, 1.807) is 38.3 Å². The van der Waals surface area contributed by atoms with Gasteiger partial charge in [0.05, 0.1) is 26.4 Å². The Balaban J connectivity index is 2.51. The molecule has 20 heavy (non-hydrogen) atoms. The Bertz CT molecular complexity index is 407. The first-order valence-corrected chi connectivity index (χ1v) is 6.31. The highest BCUT2D eigenvalue weighted by Gasteiger charge is 2.18. The maximum atomic E-state index is 11.9. The van der Waals surface area contributed by atoms with Crippen molar-refractivity contribution in [2.75, 3.05) is 27.4 Å². The Morgan fingerprint density at radius 1 is 1.25 bits per heavy atom. The number of carbonyl (C=O) groups excluding carboxylic acids is 1. The Morgan fingerprint density at radius 2 is 1.85 bits per heavy atom. The molecule has 2 atom stereocenters. The van der Waals surface area contributed by atoms with Crippen molar-refractivity contribution in [2.24, 2.45) is 0 Å². The zero-order valence-electron chi connectivity index (χ0n) is 12.0. The smallest absolute Gasteiger partial charge is 0.261 e. The first-order chi connectivity index (χ1) is 9.60. The predicted molar refractivity (Wildman–Crippen MR) is 74.0 cm³/mol. The first kappa shape index (κ1) is 16.3. The molecule has 2 unspecified atom stereocenters. The Hall–Kier alpha value is -1.79. The molecule has 6 nitrogen and oxygen atoms in total. The van der Waals surface area contributed by atoms with Gasteiger partial charge in [-0.1, -0.05) is 0 Å². The van der Waals surface area contributed by atoms with Gasteiger partial charge >= 0.3 is 0 Å². The molecule has 0 heterocycles. The van der Waals surface area contributed by atoms with Gasteiger partial charge in [0.15, 0.2) is 6.10 Å². The van der Waals surface area contributed by atoms with Crippen LogP contribution in [-0.4, -0.2) is 50.6 Å². The van der Waals surface area contributed by atoms with Crippen molar-refractivity contribution in [3.8, 4) is 11.5 Å². The van der Waals surface area contributed by atoms with Crippen LogP contribution in [0.15, 0.2) is 24.3 Å². The lowest BCUT2D eigenvalue weighted by molar-refractivity contribution is -0.128. The summed E-state index contributed by atoms with van der Waals surface area (Å²) < 4.78 is 15.4. The molecule has 0 aromatic heterocycles. The van der Waals surface area contributed by atoms with E-state index < -0.39 is 12.1 Å². The summed E-state index contributed by atoms with van der Waals surface area (Å²) in [6, 6.07) is 6.51. The number of hydrogen-bond acceptors (Lipinski definition) is 5. The zero-order chi connectivity index (χ0) is 15.0. The van der Waals surface area contributed by atoms with Crippen LogP contribution < -0.4 is 14.8 Å². The van der Waals surface area contributed by atoms with E-state index in [-0.39, 0.29) is 19.1 Å². The Kier molecular flexibility index (Phi) is 6.83. The normalized spacial score (nSPS) is 13.4. The number of rotatable bonds is 8. The molecule has 1 rings (SSSR count). The quantitative estimate of drug-likeness (QED) is 0.730. The van der Waals surface area contributed by atoms with Crippen molar-refractivity contribution in [1.82, 2.24) is 5.32 Å². The van der Waals surface area contributed by atoms with Gasteiger partial charge in [-0.25, -0.2) is 0 Å². The maximum Gasteiger partial charge on any atom is 0.261 e. The molecule has 0 fully saturated rings. The molecule has 112 valence electrons. The largest absolute Gasteiger partial charge is 0.497 e. The summed E-state index contributed by atoms with van der Waals surface area (Å²) in [5.74, 6) is 0.979. The number of carbonyl (C=O) groups is 1. The molecule has 0 saturated heterocycles. The Labute approximate surface area is 118 Å². The number of benzene rings is 1. The van der Waals surface area contributed by atoms with Gasteiger partial charge in [0, 0.05) is 7.11 Å². The monoisotopic (exact) mass is 283 g/mol. The second-order valence-electron chi connectivity index (χ2n) is 4.28. The molecule has 0 radical (unpaired) electrons. The van der Waals surface area contributed by atoms with Gasteiger partial charge in [-0.15, -0.1) is 0 Å². The molecule has 0 aliphatic carbocycles. The summed E-state index contributed by atoms with van der Waals surface area (Å²) in [6.45, 7) is 1.70. The number of ether oxygens (including phenoxy) is 3. The third-order valence-electron chi connectivity index (χ3n) is 2.68. The Morgan fingerprint density at radius 3 is 2.35 bits per heavy atom. The predicted octanol–water partition coefficient (Wildman–Crippen LogP) is 0.586. The minimum atomic E-state index is -0.672. The van der Waals surface area contributed by atoms with Gasteiger partial charge in [-0.2, -0.15) is 0 Å². The number of methoxy groups -OCH3 is 2. The van der Waals surface area contributed by atoms with E-state index in [1.165, 1.54) is 7.11 Å². The molecular weight excluding hydrogens is 262 g/mol. The molecule has 1 aromatic rings. The van der Waals surface area contributed by atoms with Crippen LogP contribution in [0.1, 0.15) is 6.92 Å². The molecule has 2 N–H and O–H groups in total. The van der Waals surface area contributed by atoms with Crippen LogP contribution in [0, 0.1) is 0 Å². The van der Waals surface area contributed by atoms with E-state index >= 15 is 0 Å². The molecule has 1 aromatic carbocycles. The number of amides is 1. The van der Waals surface area contributed by atoms with Crippen molar-refractivity contribution >= 4 is 5.91 Å². The van der Waals surface area contributed by atoms with Gasteiger partial charge in [0.25, 0.3) is 5.91 Å². The number of aliphatic hydroxyl groups is 1. The summed E-state index contributed by atoms with van der Waals surface area (Å²) in [6.07, 6.45) is -0.672. The van der Waals surface area contributed by atoms with E-state index in [4.69, 9.17) is 19.3 Å². The molecule has 6 heteroatoms. The summed E-state index contributed by atoms with van der Waals surface area (Å²) in [7, 11) is 3.09. The molecule has 0 aliphatic rings. The highest BCUT2D eigenvalue weighted by Crippen LogP contribution is 2.18. The van der Waals surface area contributed by atoms with Crippen molar-refractivity contribution < 1.29 is 24.1 Å². The third-order valence-corrected chi connectivity index (χ3v) is 2.68. The molecule has 1 amide bonds. The van der Waals surface area contributed by atoms with Crippen LogP contribution in [0.3, 0.4) is 0 Å². The second kappa shape index (κ2) is 8.39. The topological polar surface area (TPSA) is 77.0 Å². The average molecular weight is 283 g/mol. The standard InChI is InChI=1S/C14H21NO5/c1-10(14(17)15-11(8-16)9-18-2)20-13-6-4-12(19-3)5-7-13/h4-7,10-11,16H,8-9H2,1-3H3,(H,15,17). The van der Waals surface area contributed by atoms with E-state index in [0.717, 1.165) is 5.75 Å². The molecule has 0 saturated carbocycles. The lowest BCUT2D eigenvalue weighted by Gasteiger charge is -2.19. The molecule has 0 bridgehead atoms. The van der Waals surface area contributed by atoms with E-state index in [9.17, 15) is 4.79 Å². The second-order valence-corrected chi connectivity index (χ2v) is 4.28. The highest BCUT2D eigenvalue weighted by molar-refractivity contribution is 5.81. The average Bonchev–Trinajstić information content (AvgIpc) is 2.47. The lowest BCUT2D eigenvalue weighted by Crippen LogP contribution is -2.46. The summed E-state index contributed by atoms with van der Waals surface area (Å²) in [4.78, 5) is 11.9. The van der Waals surface area contributed by atoms with Crippen LogP contribution in [-0.2, 0) is 9.53 Å². The maximum absolute atomic E-state index is 11.9. The van der Waals surface area contributed by atoms with Gasteiger partial charge in [0.2, 0.25) is 0 Å². The fraction of sp³-hybridized carbons (Fsp3) is 0.500. The van der Waals surface area contributed by atoms with Crippen LogP contribution in [0.5, 0.6) is 11.5 Å². The fourth-order valence-electron chi connectivity index (χ4n) is 1.57. The van der Waals surface area contributed by atoms with Crippen LogP contribution in [0.25, 0.3) is 0 Å². The lowest BCUT2D eigenvalue weighted by atomic mass is 10.3. The first-order valence-electron chi connectivity index (χ1n) is 6.31. The minimum Gasteiger partial charge on any atom is -0.497 e. The number of aliphatic hydroxyl groups excluding tert-OH is 1. The van der Waals surface area contributed by atoms with Crippen molar-refractivity contribution in [2.45, 2.75) is 19.1 Å². The van der Waals surface area contributed by atoms with E-state index in [0.29, 0.717) is 5.75 Å². The van der Waals surface area contributed by atoms with Crippen LogP contribution >= 0.6 is 0 Å². The third kappa shape index (κ3) is 5.07. The SMILES string of the molecule is COCC(CO)NC(=O)C(C)Oc1ccc(OC)cc1. The van der Waals surface area contributed by atoms with E-state index in [1.807, 2.05) is 0 Å². The summed E-state index contributed by atoms with van der Waals surface area (Å²) >= 11 is 0. The summed E-state index contributed by atoms with van der Waals surface area (Å²) in [5, 5.41) is 11.7. The molecular formula is C14H21NO5. The number of nitrogens with one attached hydrogen (secondary N) is 1. The fourth-order valence-corrected chi connectivity index (χ4v) is 1.57. The van der Waals surface area contributed by atoms with Crippen molar-refractivity contribution in [3.05, 3.63) is 24.3 Å².